The minimum atomic E-state index is -3.52. The van der Waals surface area contributed by atoms with Crippen molar-refractivity contribution in [1.82, 2.24) is 14.9 Å². The molecule has 34 heavy (non-hydrogen) atoms. The van der Waals surface area contributed by atoms with Gasteiger partial charge in [-0.05, 0) is 63.3 Å². The number of pyridine rings is 2. The Hall–Kier alpha value is -2.88. The molecule has 9 nitrogen and oxygen atoms in total. The summed E-state index contributed by atoms with van der Waals surface area (Å²) < 4.78 is 32.8. The molecule has 0 aromatic carbocycles. The van der Waals surface area contributed by atoms with Gasteiger partial charge in [-0.1, -0.05) is 0 Å². The average Bonchev–Trinajstić information content (AvgIpc) is 3.68. The van der Waals surface area contributed by atoms with Crippen LogP contribution >= 0.6 is 0 Å². The van der Waals surface area contributed by atoms with Crippen molar-refractivity contribution < 1.29 is 17.9 Å². The number of ether oxygens (including phenoxy) is 1. The van der Waals surface area contributed by atoms with Crippen LogP contribution in [0, 0.1) is 19.8 Å². The molecule has 3 aliphatic rings. The van der Waals surface area contributed by atoms with Crippen LogP contribution in [-0.4, -0.2) is 61.6 Å². The molecule has 1 saturated heterocycles. The highest BCUT2D eigenvalue weighted by Crippen LogP contribution is 2.46. The van der Waals surface area contributed by atoms with Crippen LogP contribution in [-0.2, 0) is 14.8 Å². The van der Waals surface area contributed by atoms with E-state index in [1.54, 1.807) is 12.1 Å². The van der Waals surface area contributed by atoms with Crippen LogP contribution in [0.25, 0.3) is 0 Å². The van der Waals surface area contributed by atoms with Crippen molar-refractivity contribution in [3.63, 3.8) is 0 Å². The number of nitrogens with zero attached hydrogens (tertiary/aromatic N) is 4. The molecule has 2 aromatic rings. The second-order valence-electron chi connectivity index (χ2n) is 9.65. The average molecular weight is 486 g/mol. The zero-order chi connectivity index (χ0) is 24.0. The number of amides is 1. The Balaban J connectivity index is 1.43. The highest BCUT2D eigenvalue weighted by molar-refractivity contribution is 7.92. The van der Waals surface area contributed by atoms with E-state index in [2.05, 4.69) is 9.62 Å². The Morgan fingerprint density at radius 3 is 2.38 bits per heavy atom. The van der Waals surface area contributed by atoms with Gasteiger partial charge in [0.15, 0.2) is 5.75 Å². The number of aromatic nitrogens is 2. The van der Waals surface area contributed by atoms with Crippen LogP contribution in [0.2, 0.25) is 0 Å². The molecule has 0 spiro atoms. The van der Waals surface area contributed by atoms with Crippen LogP contribution < -0.4 is 14.4 Å². The van der Waals surface area contributed by atoms with Gasteiger partial charge < -0.3 is 14.5 Å². The first-order valence-electron chi connectivity index (χ1n) is 11.9. The van der Waals surface area contributed by atoms with E-state index in [0.717, 1.165) is 48.9 Å². The van der Waals surface area contributed by atoms with E-state index in [0.29, 0.717) is 43.7 Å². The Labute approximate surface area is 200 Å². The summed E-state index contributed by atoms with van der Waals surface area (Å²) in [7, 11) is -3.52. The summed E-state index contributed by atoms with van der Waals surface area (Å²) in [6.45, 7) is 6.59. The van der Waals surface area contributed by atoms with Crippen molar-refractivity contribution in [3.8, 4) is 11.6 Å². The number of carbonyl (C=O) groups is 1. The first-order valence-corrected chi connectivity index (χ1v) is 13.8. The van der Waals surface area contributed by atoms with E-state index in [1.807, 2.05) is 24.8 Å². The third kappa shape index (κ3) is 5.11. The number of sulfonamides is 1. The molecule has 5 rings (SSSR count). The van der Waals surface area contributed by atoms with Gasteiger partial charge in [0.2, 0.25) is 21.8 Å². The second-order valence-corrected chi connectivity index (χ2v) is 11.4. The highest BCUT2D eigenvalue weighted by atomic mass is 32.2. The number of rotatable bonds is 7. The van der Waals surface area contributed by atoms with Crippen LogP contribution in [0.4, 0.5) is 11.5 Å². The normalized spacial score (nSPS) is 18.7. The van der Waals surface area contributed by atoms with Crippen molar-refractivity contribution in [2.75, 3.05) is 42.1 Å². The van der Waals surface area contributed by atoms with Gasteiger partial charge in [0, 0.05) is 43.7 Å². The SMILES string of the molecule is Cc1cc(C)c(Oc2nc(N3CCN(C(=O)C4CC4)CC3)ccc2NS(C)(=O)=O)c(C2CC2)n1. The quantitative estimate of drug-likeness (QED) is 0.642. The summed E-state index contributed by atoms with van der Waals surface area (Å²) in [4.78, 5) is 25.9. The summed E-state index contributed by atoms with van der Waals surface area (Å²) in [6.07, 6.45) is 5.25. The largest absolute Gasteiger partial charge is 0.435 e. The molecule has 3 heterocycles. The van der Waals surface area contributed by atoms with E-state index in [9.17, 15) is 13.2 Å². The Morgan fingerprint density at radius 1 is 1.06 bits per heavy atom. The van der Waals surface area contributed by atoms with Crippen molar-refractivity contribution in [2.45, 2.75) is 45.4 Å². The number of piperazine rings is 1. The fourth-order valence-corrected chi connectivity index (χ4v) is 4.98. The highest BCUT2D eigenvalue weighted by Gasteiger charge is 2.35. The Morgan fingerprint density at radius 2 is 1.76 bits per heavy atom. The smallest absolute Gasteiger partial charge is 0.245 e. The van der Waals surface area contributed by atoms with Gasteiger partial charge in [0.05, 0.1) is 11.9 Å². The lowest BCUT2D eigenvalue weighted by Gasteiger charge is -2.35. The first kappa shape index (κ1) is 22.9. The first-order chi connectivity index (χ1) is 16.2. The molecule has 3 fully saturated rings. The van der Waals surface area contributed by atoms with E-state index in [-0.39, 0.29) is 23.4 Å². The summed E-state index contributed by atoms with van der Waals surface area (Å²) in [5, 5.41) is 0. The molecule has 10 heteroatoms. The van der Waals surface area contributed by atoms with E-state index >= 15 is 0 Å². The molecule has 2 aromatic heterocycles. The van der Waals surface area contributed by atoms with Crippen molar-refractivity contribution in [3.05, 3.63) is 35.2 Å². The number of carbonyl (C=O) groups excluding carboxylic acids is 1. The standard InChI is InChI=1S/C24H31N5O4S/c1-15-14-16(2)25-21(17-4-5-17)22(15)33-23-19(27-34(3,31)32)8-9-20(26-23)28-10-12-29(13-11-28)24(30)18-6-7-18/h8-9,14,17-18,27H,4-7,10-13H2,1-3H3. The van der Waals surface area contributed by atoms with E-state index in [1.165, 1.54) is 0 Å². The Kier molecular flexibility index (Phi) is 5.87. The maximum absolute atomic E-state index is 12.4. The molecule has 182 valence electrons. The van der Waals surface area contributed by atoms with Gasteiger partial charge in [0.25, 0.3) is 0 Å². The number of hydrogen-bond donors (Lipinski definition) is 1. The van der Waals surface area contributed by atoms with E-state index in [4.69, 9.17) is 14.7 Å². The lowest BCUT2D eigenvalue weighted by atomic mass is 10.1. The number of aryl methyl sites for hydroxylation is 2. The van der Waals surface area contributed by atoms with Crippen molar-refractivity contribution in [1.29, 1.82) is 0 Å². The summed E-state index contributed by atoms with van der Waals surface area (Å²) in [5.74, 6) is 2.39. The molecule has 0 atom stereocenters. The lowest BCUT2D eigenvalue weighted by molar-refractivity contribution is -0.132. The van der Waals surface area contributed by atoms with Gasteiger partial charge in [-0.25, -0.2) is 8.42 Å². The van der Waals surface area contributed by atoms with Gasteiger partial charge >= 0.3 is 0 Å². The predicted octanol–water partition coefficient (Wildman–Crippen LogP) is 3.19. The molecule has 2 saturated carbocycles. The van der Waals surface area contributed by atoms with Crippen LogP contribution in [0.3, 0.4) is 0 Å². The third-order valence-electron chi connectivity index (χ3n) is 6.46. The zero-order valence-electron chi connectivity index (χ0n) is 19.9. The third-order valence-corrected chi connectivity index (χ3v) is 7.05. The minimum Gasteiger partial charge on any atom is -0.435 e. The van der Waals surface area contributed by atoms with Gasteiger partial charge in [-0.3, -0.25) is 14.5 Å². The van der Waals surface area contributed by atoms with Crippen molar-refractivity contribution in [2.24, 2.45) is 5.92 Å². The molecule has 0 unspecified atom stereocenters. The van der Waals surface area contributed by atoms with Gasteiger partial charge in [-0.15, -0.1) is 0 Å². The summed E-state index contributed by atoms with van der Waals surface area (Å²) in [6, 6.07) is 5.44. The second kappa shape index (κ2) is 8.72. The zero-order valence-corrected chi connectivity index (χ0v) is 20.7. The molecule has 1 aliphatic heterocycles. The number of nitrogens with one attached hydrogen (secondary N) is 1. The minimum absolute atomic E-state index is 0.204. The Bertz CT molecular complexity index is 1220. The molecule has 0 bridgehead atoms. The topological polar surface area (TPSA) is 105 Å². The fraction of sp³-hybridized carbons (Fsp3) is 0.542. The van der Waals surface area contributed by atoms with Crippen molar-refractivity contribution >= 4 is 27.4 Å². The van der Waals surface area contributed by atoms with Crippen LogP contribution in [0.15, 0.2) is 18.2 Å². The number of anilines is 2. The van der Waals surface area contributed by atoms with E-state index < -0.39 is 10.0 Å². The summed E-state index contributed by atoms with van der Waals surface area (Å²) in [5.41, 5.74) is 3.07. The predicted molar refractivity (Wildman–Crippen MR) is 130 cm³/mol. The summed E-state index contributed by atoms with van der Waals surface area (Å²) >= 11 is 0. The van der Waals surface area contributed by atoms with Crippen LogP contribution in [0.5, 0.6) is 11.6 Å². The maximum atomic E-state index is 12.4. The molecule has 1 N–H and O–H groups in total. The fourth-order valence-electron chi connectivity index (χ4n) is 4.42. The molecule has 0 radical (unpaired) electrons. The molecule has 1 amide bonds. The van der Waals surface area contributed by atoms with Crippen LogP contribution in [0.1, 0.15) is 48.6 Å². The molecular formula is C24H31N5O4S. The monoisotopic (exact) mass is 485 g/mol. The number of hydrogen-bond acceptors (Lipinski definition) is 7. The lowest BCUT2D eigenvalue weighted by Crippen LogP contribution is -2.49. The maximum Gasteiger partial charge on any atom is 0.245 e. The molecule has 2 aliphatic carbocycles. The molecular weight excluding hydrogens is 454 g/mol. The van der Waals surface area contributed by atoms with Gasteiger partial charge in [0.1, 0.15) is 11.5 Å². The van der Waals surface area contributed by atoms with Gasteiger partial charge in [-0.2, -0.15) is 4.98 Å².